The zero-order valence-electron chi connectivity index (χ0n) is 22.8. The van der Waals surface area contributed by atoms with Gasteiger partial charge in [0.1, 0.15) is 0 Å². The van der Waals surface area contributed by atoms with Crippen molar-refractivity contribution in [1.29, 1.82) is 0 Å². The van der Waals surface area contributed by atoms with Gasteiger partial charge >= 0.3 is 17.9 Å². The predicted octanol–water partition coefficient (Wildman–Crippen LogP) is -2.20. The van der Waals surface area contributed by atoms with E-state index in [9.17, 15) is 47.7 Å². The number of hydrogen-bond acceptors (Lipinski definition) is 13. The molecule has 18 nitrogen and oxygen atoms in total. The van der Waals surface area contributed by atoms with E-state index < -0.39 is 102 Å². The largest absolute Gasteiger partial charge is 0.481 e. The smallest absolute Gasteiger partial charge is 0.305 e. The highest BCUT2D eigenvalue weighted by molar-refractivity contribution is 14.1. The molecule has 1 aromatic carbocycles. The van der Waals surface area contributed by atoms with Gasteiger partial charge in [-0.1, -0.05) is 22.6 Å². The third kappa shape index (κ3) is 13.8. The molecule has 1 aromatic rings. The Morgan fingerprint density at radius 3 is 1.75 bits per heavy atom. The number of benzene rings is 1. The molecule has 1 amide bonds. The van der Waals surface area contributed by atoms with Gasteiger partial charge in [0.25, 0.3) is 0 Å². The molecule has 0 aliphatic carbocycles. The fraction of sp³-hybridized carbons (Fsp3) is 0.417. The Hall–Kier alpha value is -3.54. The van der Waals surface area contributed by atoms with Crippen molar-refractivity contribution in [1.82, 2.24) is 15.8 Å². The van der Waals surface area contributed by atoms with Gasteiger partial charge in [0.2, 0.25) is 29.0 Å². The highest BCUT2D eigenvalue weighted by Gasteiger charge is 2.34. The van der Waals surface area contributed by atoms with Crippen LogP contribution in [0.25, 0.3) is 0 Å². The lowest BCUT2D eigenvalue weighted by atomic mass is 9.99. The number of rotatable bonds is 22. The highest BCUT2D eigenvalue weighted by Crippen LogP contribution is 2.12. The minimum atomic E-state index is -2.22. The van der Waals surface area contributed by atoms with E-state index in [1.54, 1.807) is 0 Å². The molecule has 1 rings (SSSR count). The van der Waals surface area contributed by atoms with Crippen molar-refractivity contribution in [2.24, 2.45) is 5.73 Å². The summed E-state index contributed by atoms with van der Waals surface area (Å²) in [7, 11) is 0. The minimum Gasteiger partial charge on any atom is -0.481 e. The molecule has 20 heteroatoms. The van der Waals surface area contributed by atoms with E-state index in [-0.39, 0.29) is 23.7 Å². The first-order chi connectivity index (χ1) is 20.5. The van der Waals surface area contributed by atoms with E-state index in [4.69, 9.17) is 20.5 Å². The summed E-state index contributed by atoms with van der Waals surface area (Å²) in [5.41, 5.74) is 9.85. The van der Waals surface area contributed by atoms with Crippen molar-refractivity contribution in [3.8, 4) is 0 Å². The number of nitrogens with one attached hydrogen (secondary N) is 3. The summed E-state index contributed by atoms with van der Waals surface area (Å²) >= 11 is -0.259. The lowest BCUT2D eigenvalue weighted by Crippen LogP contribution is -2.57. The monoisotopic (exact) mass is 755 g/mol. The molecule has 4 atom stereocenters. The van der Waals surface area contributed by atoms with E-state index in [0.717, 1.165) is 0 Å². The number of ketones is 4. The predicted molar refractivity (Wildman–Crippen MR) is 158 cm³/mol. The van der Waals surface area contributed by atoms with Gasteiger partial charge in [0.15, 0.2) is 11.1 Å². The molecular weight excluding hydrogens is 725 g/mol. The molecule has 0 radical (unpaired) electrons. The van der Waals surface area contributed by atoms with E-state index in [1.807, 2.05) is 22.6 Å². The maximum absolute atomic E-state index is 12.9. The maximum atomic E-state index is 12.9. The van der Waals surface area contributed by atoms with Gasteiger partial charge in [-0.05, 0) is 24.3 Å². The van der Waals surface area contributed by atoms with Gasteiger partial charge in [-0.25, -0.2) is 15.1 Å². The molecule has 0 aromatic heterocycles. The molecule has 1 unspecified atom stereocenters. The van der Waals surface area contributed by atoms with E-state index in [2.05, 4.69) is 16.2 Å². The van der Waals surface area contributed by atoms with Crippen LogP contribution >= 0.6 is 22.6 Å². The number of carbonyl (C=O) groups is 8. The number of carbonyl (C=O) groups excluding carboxylic acids is 5. The molecule has 0 aliphatic rings. The normalized spacial score (nSPS) is 13.7. The number of amides is 1. The van der Waals surface area contributed by atoms with Crippen molar-refractivity contribution in [3.63, 3.8) is 0 Å². The zero-order valence-corrected chi connectivity index (χ0v) is 25.7. The third-order valence-corrected chi connectivity index (χ3v) is 6.70. The Balaban J connectivity index is 2.98. The first-order valence-electron chi connectivity index (χ1n) is 12.4. The second-order valence-corrected chi connectivity index (χ2v) is 11.1. The Bertz CT molecular complexity index is 1290. The number of nitrogens with two attached hydrogens (primary N) is 1. The SMILES string of the molecule is N[C@@H](CC(=O)O)C(=O)C(=O)[C@H](CC(=O)O)NN[C@@H](CC(=O)O)C(=O)C(=O)CN(CCI)CC(=O)Nc1ccc(S(=O)O)cc1. The Labute approximate surface area is 265 Å². The summed E-state index contributed by atoms with van der Waals surface area (Å²) in [5.74, 6) is -10.6. The number of hydrazine groups is 1. The van der Waals surface area contributed by atoms with Gasteiger partial charge in [-0.15, -0.1) is 0 Å². The van der Waals surface area contributed by atoms with Crippen molar-refractivity contribution >= 4 is 86.3 Å². The van der Waals surface area contributed by atoms with Crippen LogP contribution < -0.4 is 21.9 Å². The van der Waals surface area contributed by atoms with Crippen LogP contribution in [0.15, 0.2) is 29.2 Å². The molecule has 44 heavy (non-hydrogen) atoms. The summed E-state index contributed by atoms with van der Waals surface area (Å²) < 4.78 is 20.6. The number of alkyl halides is 1. The molecule has 0 aliphatic heterocycles. The third-order valence-electron chi connectivity index (χ3n) is 5.55. The van der Waals surface area contributed by atoms with Gasteiger partial charge in [-0.2, -0.15) is 0 Å². The van der Waals surface area contributed by atoms with E-state index in [0.29, 0.717) is 4.43 Å². The lowest BCUT2D eigenvalue weighted by Gasteiger charge is -2.23. The summed E-state index contributed by atoms with van der Waals surface area (Å²) in [6, 6.07) is -0.178. The van der Waals surface area contributed by atoms with Crippen LogP contribution in [0.2, 0.25) is 0 Å². The topological polar surface area (TPSA) is 300 Å². The van der Waals surface area contributed by atoms with Crippen LogP contribution in [-0.4, -0.2) is 118 Å². The molecule has 0 heterocycles. The second kappa shape index (κ2) is 19.0. The summed E-state index contributed by atoms with van der Waals surface area (Å²) in [6.07, 6.45) is -3.01. The molecule has 0 saturated carbocycles. The molecule has 0 saturated heterocycles. The molecule has 242 valence electrons. The molecule has 0 fully saturated rings. The van der Waals surface area contributed by atoms with E-state index in [1.165, 1.54) is 29.2 Å². The maximum Gasteiger partial charge on any atom is 0.305 e. The van der Waals surface area contributed by atoms with Crippen LogP contribution in [0, 0.1) is 0 Å². The van der Waals surface area contributed by atoms with Crippen molar-refractivity contribution in [3.05, 3.63) is 24.3 Å². The van der Waals surface area contributed by atoms with Crippen LogP contribution in [-0.2, 0) is 49.4 Å². The fourth-order valence-corrected chi connectivity index (χ4v) is 4.52. The number of hydrogen-bond donors (Lipinski definition) is 8. The quantitative estimate of drug-likeness (QED) is 0.0205. The van der Waals surface area contributed by atoms with Crippen LogP contribution in [0.3, 0.4) is 0 Å². The summed E-state index contributed by atoms with van der Waals surface area (Å²) in [5, 5.41) is 29.7. The van der Waals surface area contributed by atoms with Gasteiger partial charge in [-0.3, -0.25) is 43.3 Å². The van der Waals surface area contributed by atoms with Crippen molar-refractivity contribution in [2.75, 3.05) is 29.4 Å². The first kappa shape index (κ1) is 38.5. The van der Waals surface area contributed by atoms with Gasteiger partial charge < -0.3 is 30.9 Å². The Morgan fingerprint density at radius 2 is 1.30 bits per heavy atom. The fourth-order valence-electron chi connectivity index (χ4n) is 3.47. The number of carboxylic acid groups (broad SMARTS) is 3. The van der Waals surface area contributed by atoms with Crippen LogP contribution in [0.4, 0.5) is 5.69 Å². The Morgan fingerprint density at radius 1 is 0.795 bits per heavy atom. The number of nitrogens with zero attached hydrogens (tertiary/aromatic N) is 1. The second-order valence-electron chi connectivity index (χ2n) is 9.03. The number of aliphatic carboxylic acids is 3. The summed E-state index contributed by atoms with van der Waals surface area (Å²) in [6.45, 7) is -0.854. The average Bonchev–Trinajstić information content (AvgIpc) is 2.92. The van der Waals surface area contributed by atoms with E-state index >= 15 is 0 Å². The van der Waals surface area contributed by atoms with Crippen LogP contribution in [0.1, 0.15) is 19.3 Å². The lowest BCUT2D eigenvalue weighted by molar-refractivity contribution is -0.145. The van der Waals surface area contributed by atoms with Gasteiger partial charge in [0, 0.05) is 16.7 Å². The molecule has 0 spiro atoms. The summed E-state index contributed by atoms with van der Waals surface area (Å²) in [4.78, 5) is 97.8. The minimum absolute atomic E-state index is 0.102. The van der Waals surface area contributed by atoms with Gasteiger partial charge in [0.05, 0.1) is 55.4 Å². The number of anilines is 1. The standard InChI is InChI=1S/C24H30IN5O13S/c25-5-6-30(11-18(32)27-12-1-3-13(4-2-12)44(42)43)10-17(31)23(40)15(8-20(35)36)28-29-16(9-21(37)38)24(41)22(39)14(26)7-19(33)34/h1-4,14-16,28-29H,5-11,26H2,(H,27,32)(H,33,34)(H,35,36)(H,37,38)(H,42,43)/t14-,15-,16-/m0/s1. The number of Topliss-reactive ketones (excluding diaryl/α,β-unsaturated/α-hetero) is 4. The first-order valence-corrected chi connectivity index (χ1v) is 15.0. The zero-order chi connectivity index (χ0) is 33.6. The molecule has 0 bridgehead atoms. The number of halogens is 1. The molecule has 9 N–H and O–H groups in total. The number of carboxylic acids is 3. The molecular formula is C24H30IN5O13S. The Kier molecular flexibility index (Phi) is 16.6. The average molecular weight is 755 g/mol. The van der Waals surface area contributed by atoms with Crippen molar-refractivity contribution in [2.45, 2.75) is 42.3 Å². The van der Waals surface area contributed by atoms with Crippen LogP contribution in [0.5, 0.6) is 0 Å². The highest BCUT2D eigenvalue weighted by atomic mass is 127. The van der Waals surface area contributed by atoms with Crippen molar-refractivity contribution < 1.29 is 62.4 Å².